The fourth-order valence-electron chi connectivity index (χ4n) is 2.12. The van der Waals surface area contributed by atoms with Gasteiger partial charge in [-0.05, 0) is 0 Å². The van der Waals surface area contributed by atoms with E-state index in [-0.39, 0.29) is 6.61 Å². The highest BCUT2D eigenvalue weighted by atomic mass is 32.1. The maximum absolute atomic E-state index is 11.1. The number of aromatic nitrogens is 2. The van der Waals surface area contributed by atoms with E-state index in [0.29, 0.717) is 19.7 Å². The molecule has 2 aromatic rings. The van der Waals surface area contributed by atoms with Crippen molar-refractivity contribution in [3.63, 3.8) is 0 Å². The van der Waals surface area contributed by atoms with Crippen LogP contribution in [0.15, 0.2) is 17.8 Å². The van der Waals surface area contributed by atoms with Gasteiger partial charge in [0.2, 0.25) is 0 Å². The van der Waals surface area contributed by atoms with Crippen LogP contribution in [0.3, 0.4) is 0 Å². The van der Waals surface area contributed by atoms with E-state index in [4.69, 9.17) is 9.84 Å². The molecule has 1 aliphatic rings. The molecule has 6 nitrogen and oxygen atoms in total. The smallest absolute Gasteiger partial charge is 0.323 e. The molecule has 1 unspecified atom stereocenters. The molecule has 1 N–H and O–H groups in total. The molecule has 7 heteroatoms. The summed E-state index contributed by atoms with van der Waals surface area (Å²) in [5.41, 5.74) is 0.898. The van der Waals surface area contributed by atoms with Gasteiger partial charge in [0.1, 0.15) is 6.04 Å². The van der Waals surface area contributed by atoms with E-state index in [0.717, 1.165) is 10.7 Å². The minimum absolute atomic E-state index is 0.248. The first-order valence-electron chi connectivity index (χ1n) is 5.70. The van der Waals surface area contributed by atoms with Crippen molar-refractivity contribution in [2.45, 2.75) is 12.6 Å². The van der Waals surface area contributed by atoms with Crippen LogP contribution >= 0.6 is 11.3 Å². The van der Waals surface area contributed by atoms with Crippen molar-refractivity contribution < 1.29 is 14.6 Å². The van der Waals surface area contributed by atoms with Gasteiger partial charge in [-0.3, -0.25) is 14.1 Å². The molecule has 0 spiro atoms. The highest BCUT2D eigenvalue weighted by molar-refractivity contribution is 7.15. The average Bonchev–Trinajstić information content (AvgIpc) is 2.90. The van der Waals surface area contributed by atoms with Crippen LogP contribution < -0.4 is 0 Å². The topological polar surface area (TPSA) is 67.1 Å². The van der Waals surface area contributed by atoms with Gasteiger partial charge in [0.25, 0.3) is 0 Å². The summed E-state index contributed by atoms with van der Waals surface area (Å²) in [6.45, 7) is 2.00. The summed E-state index contributed by atoms with van der Waals surface area (Å²) in [5.74, 6) is -0.837. The van der Waals surface area contributed by atoms with Crippen LogP contribution in [-0.4, -0.2) is 51.2 Å². The van der Waals surface area contributed by atoms with E-state index < -0.39 is 12.0 Å². The van der Waals surface area contributed by atoms with Gasteiger partial charge in [-0.25, -0.2) is 4.98 Å². The van der Waals surface area contributed by atoms with Gasteiger partial charge in [0.15, 0.2) is 4.96 Å². The van der Waals surface area contributed by atoms with Gasteiger partial charge >= 0.3 is 5.97 Å². The third-order valence-electron chi connectivity index (χ3n) is 3.03. The predicted molar refractivity (Wildman–Crippen MR) is 65.7 cm³/mol. The quantitative estimate of drug-likeness (QED) is 0.886. The lowest BCUT2D eigenvalue weighted by atomic mass is 10.2. The lowest BCUT2D eigenvalue weighted by Gasteiger charge is -2.32. The molecule has 1 saturated heterocycles. The molecule has 0 aromatic carbocycles. The van der Waals surface area contributed by atoms with Crippen molar-refractivity contribution in [3.8, 4) is 0 Å². The predicted octanol–water partition coefficient (Wildman–Crippen LogP) is 0.681. The van der Waals surface area contributed by atoms with E-state index in [2.05, 4.69) is 4.98 Å². The van der Waals surface area contributed by atoms with Crippen LogP contribution in [0, 0.1) is 0 Å². The number of rotatable bonds is 3. The second-order valence-corrected chi connectivity index (χ2v) is 5.10. The molecule has 1 atom stereocenters. The van der Waals surface area contributed by atoms with E-state index >= 15 is 0 Å². The summed E-state index contributed by atoms with van der Waals surface area (Å²) in [7, 11) is 0. The molecule has 2 aromatic heterocycles. The van der Waals surface area contributed by atoms with Crippen LogP contribution in [0.4, 0.5) is 0 Å². The largest absolute Gasteiger partial charge is 0.480 e. The molecule has 1 aliphatic heterocycles. The zero-order valence-electron chi connectivity index (χ0n) is 9.65. The van der Waals surface area contributed by atoms with Crippen LogP contribution in [-0.2, 0) is 16.1 Å². The zero-order chi connectivity index (χ0) is 12.5. The fraction of sp³-hybridized carbons (Fsp3) is 0.455. The Morgan fingerprint density at radius 3 is 3.33 bits per heavy atom. The molecule has 96 valence electrons. The number of nitrogens with zero attached hydrogens (tertiary/aromatic N) is 3. The highest BCUT2D eigenvalue weighted by Crippen LogP contribution is 2.15. The number of ether oxygens (including phenoxy) is 1. The van der Waals surface area contributed by atoms with Crippen LogP contribution in [0.5, 0.6) is 0 Å². The van der Waals surface area contributed by atoms with Crippen molar-refractivity contribution in [1.82, 2.24) is 14.3 Å². The number of carbonyl (C=O) groups is 1. The monoisotopic (exact) mass is 267 g/mol. The highest BCUT2D eigenvalue weighted by Gasteiger charge is 2.29. The number of hydrogen-bond acceptors (Lipinski definition) is 5. The molecule has 0 aliphatic carbocycles. The number of thiazole rings is 1. The van der Waals surface area contributed by atoms with Gasteiger partial charge in [0.05, 0.1) is 18.9 Å². The fourth-order valence-corrected chi connectivity index (χ4v) is 2.83. The van der Waals surface area contributed by atoms with E-state index in [9.17, 15) is 4.79 Å². The lowest BCUT2D eigenvalue weighted by Crippen LogP contribution is -2.49. The molecule has 3 rings (SSSR count). The summed E-state index contributed by atoms with van der Waals surface area (Å²) in [6, 6.07) is -0.571. The maximum Gasteiger partial charge on any atom is 0.323 e. The number of morpholine rings is 1. The Bertz CT molecular complexity index is 536. The lowest BCUT2D eigenvalue weighted by molar-refractivity contribution is -0.150. The Kier molecular flexibility index (Phi) is 3.02. The average molecular weight is 267 g/mol. The minimum atomic E-state index is -0.837. The van der Waals surface area contributed by atoms with E-state index in [1.165, 1.54) is 0 Å². The number of carboxylic acids is 1. The first kappa shape index (κ1) is 11.6. The Labute approximate surface area is 107 Å². The molecule has 3 heterocycles. The molecule has 0 saturated carbocycles. The second kappa shape index (κ2) is 4.68. The maximum atomic E-state index is 11.1. The van der Waals surface area contributed by atoms with Gasteiger partial charge in [0, 0.05) is 30.9 Å². The van der Waals surface area contributed by atoms with Crippen molar-refractivity contribution in [1.29, 1.82) is 0 Å². The van der Waals surface area contributed by atoms with E-state index in [1.807, 2.05) is 27.1 Å². The van der Waals surface area contributed by atoms with Crippen molar-refractivity contribution in [2.75, 3.05) is 19.8 Å². The zero-order valence-corrected chi connectivity index (χ0v) is 10.5. The number of imidazole rings is 1. The summed E-state index contributed by atoms with van der Waals surface area (Å²) >= 11 is 1.57. The van der Waals surface area contributed by atoms with Crippen LogP contribution in [0.25, 0.3) is 4.96 Å². The number of hydrogen-bond donors (Lipinski definition) is 1. The number of carboxylic acid groups (broad SMARTS) is 1. The first-order chi connectivity index (χ1) is 8.74. The molecular weight excluding hydrogens is 254 g/mol. The summed E-state index contributed by atoms with van der Waals surface area (Å²) in [5, 5.41) is 11.1. The van der Waals surface area contributed by atoms with Crippen molar-refractivity contribution >= 4 is 22.3 Å². The molecule has 0 radical (unpaired) electrons. The van der Waals surface area contributed by atoms with Gasteiger partial charge in [-0.2, -0.15) is 0 Å². The van der Waals surface area contributed by atoms with Gasteiger partial charge in [-0.1, -0.05) is 0 Å². The Balaban J connectivity index is 1.77. The Hall–Kier alpha value is -1.44. The summed E-state index contributed by atoms with van der Waals surface area (Å²) in [6.07, 6.45) is 3.89. The molecule has 0 amide bonds. The standard InChI is InChI=1S/C11H13N3O3S/c15-10(16)9-7-17-3-1-13(9)5-8-6-14-2-4-18-11(14)12-8/h2,4,6,9H,1,3,5,7H2,(H,15,16). The minimum Gasteiger partial charge on any atom is -0.480 e. The van der Waals surface area contributed by atoms with Gasteiger partial charge < -0.3 is 9.84 Å². The molecule has 18 heavy (non-hydrogen) atoms. The summed E-state index contributed by atoms with van der Waals surface area (Å²) < 4.78 is 7.16. The molecule has 0 bridgehead atoms. The van der Waals surface area contributed by atoms with Gasteiger partial charge in [-0.15, -0.1) is 11.3 Å². The van der Waals surface area contributed by atoms with Crippen molar-refractivity contribution in [2.24, 2.45) is 0 Å². The second-order valence-electron chi connectivity index (χ2n) is 4.22. The SMILES string of the molecule is O=C(O)C1COCCN1Cc1cn2ccsc2n1. The third kappa shape index (κ3) is 2.12. The first-order valence-corrected chi connectivity index (χ1v) is 6.57. The molecule has 1 fully saturated rings. The molecular formula is C11H13N3O3S. The Morgan fingerprint density at radius 2 is 2.56 bits per heavy atom. The summed E-state index contributed by atoms with van der Waals surface area (Å²) in [4.78, 5) is 18.4. The van der Waals surface area contributed by atoms with Crippen LogP contribution in [0.2, 0.25) is 0 Å². The van der Waals surface area contributed by atoms with Crippen molar-refractivity contribution in [3.05, 3.63) is 23.5 Å². The van der Waals surface area contributed by atoms with E-state index in [1.54, 1.807) is 11.3 Å². The third-order valence-corrected chi connectivity index (χ3v) is 3.80. The normalized spacial score (nSPS) is 21.4. The van der Waals surface area contributed by atoms with Crippen LogP contribution in [0.1, 0.15) is 5.69 Å². The number of fused-ring (bicyclic) bond motifs is 1. The number of aliphatic carboxylic acids is 1. The Morgan fingerprint density at radius 1 is 1.67 bits per heavy atom.